The van der Waals surface area contributed by atoms with Gasteiger partial charge < -0.3 is 24.8 Å². The predicted octanol–water partition coefficient (Wildman–Crippen LogP) is 3.02. The summed E-state index contributed by atoms with van der Waals surface area (Å²) in [4.78, 5) is 20.3. The molecule has 2 aromatic heterocycles. The van der Waals surface area contributed by atoms with E-state index in [1.54, 1.807) is 0 Å². The molecule has 9 heteroatoms. The van der Waals surface area contributed by atoms with Crippen LogP contribution in [0.3, 0.4) is 0 Å². The number of hydrogen-bond donors (Lipinski definition) is 3. The molecule has 1 atom stereocenters. The maximum absolute atomic E-state index is 11.1. The number of ether oxygens (including phenoxy) is 1. The van der Waals surface area contributed by atoms with E-state index in [4.69, 9.17) is 14.4 Å². The summed E-state index contributed by atoms with van der Waals surface area (Å²) in [5.41, 5.74) is 5.59. The van der Waals surface area contributed by atoms with Crippen molar-refractivity contribution < 1.29 is 24.3 Å². The summed E-state index contributed by atoms with van der Waals surface area (Å²) < 4.78 is 11.4. The Morgan fingerprint density at radius 2 is 1.94 bits per heavy atom. The molecule has 2 heterocycles. The Morgan fingerprint density at radius 1 is 1.17 bits per heavy atom. The number of hydrogen-bond acceptors (Lipinski definition) is 8. The van der Waals surface area contributed by atoms with Crippen molar-refractivity contribution in [2.24, 2.45) is 5.92 Å². The molecule has 0 spiro atoms. The van der Waals surface area contributed by atoms with Crippen molar-refractivity contribution >= 4 is 5.91 Å². The second-order valence-corrected chi connectivity index (χ2v) is 9.08. The molecule has 0 radical (unpaired) electrons. The summed E-state index contributed by atoms with van der Waals surface area (Å²) in [6.07, 6.45) is 2.64. The van der Waals surface area contributed by atoms with Crippen LogP contribution in [-0.2, 0) is 17.6 Å². The van der Waals surface area contributed by atoms with Crippen LogP contribution in [0.4, 0.5) is 0 Å². The second kappa shape index (κ2) is 11.9. The summed E-state index contributed by atoms with van der Waals surface area (Å²) in [7, 11) is 0. The van der Waals surface area contributed by atoms with Crippen LogP contribution in [0.2, 0.25) is 0 Å². The van der Waals surface area contributed by atoms with Gasteiger partial charge in [-0.1, -0.05) is 25.9 Å². The van der Waals surface area contributed by atoms with Crippen molar-refractivity contribution in [1.82, 2.24) is 20.4 Å². The maximum atomic E-state index is 11.1. The van der Waals surface area contributed by atoms with E-state index < -0.39 is 18.6 Å². The zero-order valence-corrected chi connectivity index (χ0v) is 21.0. The molecule has 3 rings (SSSR count). The van der Waals surface area contributed by atoms with Crippen LogP contribution in [0.1, 0.15) is 43.0 Å². The quantitative estimate of drug-likeness (QED) is 0.380. The van der Waals surface area contributed by atoms with Gasteiger partial charge in [-0.15, -0.1) is 0 Å². The highest BCUT2D eigenvalue weighted by molar-refractivity contribution is 5.76. The number of amides is 1. The number of carbonyl (C=O) groups excluding carboxylic acids is 1. The maximum Gasteiger partial charge on any atom is 0.258 e. The molecule has 0 unspecified atom stereocenters. The molecule has 35 heavy (non-hydrogen) atoms. The van der Waals surface area contributed by atoms with E-state index in [0.29, 0.717) is 35.5 Å². The number of aromatic nitrogens is 3. The number of aliphatic hydroxyl groups is 2. The van der Waals surface area contributed by atoms with Crippen molar-refractivity contribution in [3.63, 3.8) is 0 Å². The van der Waals surface area contributed by atoms with E-state index in [1.165, 1.54) is 5.56 Å². The van der Waals surface area contributed by atoms with Crippen LogP contribution in [-0.4, -0.2) is 57.1 Å². The average molecular weight is 483 g/mol. The number of carbonyl (C=O) groups is 1. The van der Waals surface area contributed by atoms with Gasteiger partial charge in [-0.05, 0) is 73.1 Å². The van der Waals surface area contributed by atoms with Crippen LogP contribution >= 0.6 is 0 Å². The van der Waals surface area contributed by atoms with Crippen LogP contribution in [0.5, 0.6) is 5.75 Å². The standard InChI is InChI=1S/C26H34N4O5/c1-6-18-10-19(8-17(5)24(18)34-14-21(32)12-28-23(33)13-31)26-29-25(30-35-26)22-9-16(4)20(11-27-22)7-15(2)3/h8-11,15,21,31-32H,6-7,12-14H2,1-5H3,(H,28,33)/t21-/m0/s1. The van der Waals surface area contributed by atoms with Gasteiger partial charge in [-0.3, -0.25) is 9.78 Å². The van der Waals surface area contributed by atoms with E-state index in [2.05, 4.69) is 41.2 Å². The Morgan fingerprint density at radius 3 is 2.60 bits per heavy atom. The van der Waals surface area contributed by atoms with Crippen LogP contribution < -0.4 is 10.1 Å². The van der Waals surface area contributed by atoms with Crippen LogP contribution in [0.15, 0.2) is 28.9 Å². The third-order valence-electron chi connectivity index (χ3n) is 5.58. The van der Waals surface area contributed by atoms with Gasteiger partial charge in [0, 0.05) is 18.3 Å². The molecular formula is C26H34N4O5. The number of aliphatic hydroxyl groups excluding tert-OH is 2. The van der Waals surface area contributed by atoms with Crippen molar-refractivity contribution in [3.8, 4) is 28.7 Å². The molecule has 1 aromatic carbocycles. The largest absolute Gasteiger partial charge is 0.490 e. The summed E-state index contributed by atoms with van der Waals surface area (Å²) in [6.45, 7) is 9.73. The Labute approximate surface area is 205 Å². The zero-order chi connectivity index (χ0) is 25.5. The minimum absolute atomic E-state index is 0.00141. The van der Waals surface area contributed by atoms with Crippen molar-refractivity contribution in [1.29, 1.82) is 0 Å². The van der Waals surface area contributed by atoms with E-state index in [1.807, 2.05) is 38.2 Å². The normalized spacial score (nSPS) is 12.1. The molecule has 188 valence electrons. The number of benzene rings is 1. The smallest absolute Gasteiger partial charge is 0.258 e. The van der Waals surface area contributed by atoms with Crippen LogP contribution in [0, 0.1) is 19.8 Å². The lowest BCUT2D eigenvalue weighted by Crippen LogP contribution is -2.36. The van der Waals surface area contributed by atoms with Crippen LogP contribution in [0.25, 0.3) is 23.0 Å². The van der Waals surface area contributed by atoms with Gasteiger partial charge in [0.1, 0.15) is 30.8 Å². The second-order valence-electron chi connectivity index (χ2n) is 9.08. The molecule has 0 aliphatic carbocycles. The first kappa shape index (κ1) is 26.3. The van der Waals surface area contributed by atoms with Crippen molar-refractivity contribution in [2.45, 2.75) is 53.6 Å². The number of nitrogens with one attached hydrogen (secondary N) is 1. The van der Waals surface area contributed by atoms with Gasteiger partial charge in [0.2, 0.25) is 11.7 Å². The fourth-order valence-electron chi connectivity index (χ4n) is 3.77. The van der Waals surface area contributed by atoms with Gasteiger partial charge in [-0.25, -0.2) is 0 Å². The van der Waals surface area contributed by atoms with Gasteiger partial charge in [0.15, 0.2) is 0 Å². The first-order valence-corrected chi connectivity index (χ1v) is 11.8. The summed E-state index contributed by atoms with van der Waals surface area (Å²) in [6, 6.07) is 5.82. The minimum atomic E-state index is -0.907. The van der Waals surface area contributed by atoms with E-state index in [0.717, 1.165) is 28.7 Å². The molecule has 0 saturated heterocycles. The fraction of sp³-hybridized carbons (Fsp3) is 0.462. The Hall–Kier alpha value is -3.30. The van der Waals surface area contributed by atoms with E-state index in [-0.39, 0.29) is 13.2 Å². The third kappa shape index (κ3) is 6.86. The SMILES string of the molecule is CCc1cc(-c2nc(-c3cc(C)c(CC(C)C)cn3)no2)cc(C)c1OC[C@@H](O)CNC(=O)CO. The first-order chi connectivity index (χ1) is 16.7. The monoisotopic (exact) mass is 482 g/mol. The van der Waals surface area contributed by atoms with Gasteiger partial charge in [0.25, 0.3) is 5.89 Å². The molecule has 0 aliphatic rings. The van der Waals surface area contributed by atoms with Crippen molar-refractivity contribution in [2.75, 3.05) is 19.8 Å². The van der Waals surface area contributed by atoms with Gasteiger partial charge >= 0.3 is 0 Å². The minimum Gasteiger partial charge on any atom is -0.490 e. The molecule has 1 amide bonds. The molecule has 9 nitrogen and oxygen atoms in total. The molecule has 0 bridgehead atoms. The molecule has 3 aromatic rings. The Bertz CT molecular complexity index is 1160. The number of nitrogens with zero attached hydrogens (tertiary/aromatic N) is 3. The molecule has 0 aliphatic heterocycles. The lowest BCUT2D eigenvalue weighted by atomic mass is 10.0. The number of rotatable bonds is 11. The zero-order valence-electron chi connectivity index (χ0n) is 21.0. The number of aryl methyl sites for hydroxylation is 3. The summed E-state index contributed by atoms with van der Waals surface area (Å²) in [5, 5.41) is 25.4. The average Bonchev–Trinajstić information content (AvgIpc) is 3.32. The van der Waals surface area contributed by atoms with Gasteiger partial charge in [-0.2, -0.15) is 4.98 Å². The van der Waals surface area contributed by atoms with Crippen molar-refractivity contribution in [3.05, 3.63) is 46.6 Å². The topological polar surface area (TPSA) is 131 Å². The summed E-state index contributed by atoms with van der Waals surface area (Å²) >= 11 is 0. The Balaban J connectivity index is 1.76. The highest BCUT2D eigenvalue weighted by Crippen LogP contribution is 2.31. The Kier molecular flexibility index (Phi) is 8.95. The number of pyridine rings is 1. The molecular weight excluding hydrogens is 448 g/mol. The summed E-state index contributed by atoms with van der Waals surface area (Å²) in [5.74, 6) is 1.50. The third-order valence-corrected chi connectivity index (χ3v) is 5.58. The molecule has 0 saturated carbocycles. The predicted molar refractivity (Wildman–Crippen MR) is 132 cm³/mol. The van der Waals surface area contributed by atoms with E-state index >= 15 is 0 Å². The van der Waals surface area contributed by atoms with Gasteiger partial charge in [0.05, 0.1) is 0 Å². The fourth-order valence-corrected chi connectivity index (χ4v) is 3.77. The lowest BCUT2D eigenvalue weighted by Gasteiger charge is -2.17. The molecule has 3 N–H and O–H groups in total. The highest BCUT2D eigenvalue weighted by atomic mass is 16.5. The first-order valence-electron chi connectivity index (χ1n) is 11.8. The highest BCUT2D eigenvalue weighted by Gasteiger charge is 2.17. The molecule has 0 fully saturated rings. The van der Waals surface area contributed by atoms with E-state index in [9.17, 15) is 9.90 Å². The lowest BCUT2D eigenvalue weighted by molar-refractivity contribution is -0.124.